The Balaban J connectivity index is 1.85. The standard InChI is InChI=1S/C16H23N3O2/c1-3-9-17-15(20)11(2)18-16(21)19-14-8-7-12-5-4-6-13(12)10-14/h7-8,10-11H,3-6,9H2,1-2H3,(H,17,20)(H2,18,19,21). The maximum atomic E-state index is 11.9. The summed E-state index contributed by atoms with van der Waals surface area (Å²) in [7, 11) is 0. The Bertz CT molecular complexity index is 528. The number of hydrogen-bond donors (Lipinski definition) is 3. The van der Waals surface area contributed by atoms with Crippen molar-refractivity contribution in [1.29, 1.82) is 0 Å². The van der Waals surface area contributed by atoms with Gasteiger partial charge in [0.05, 0.1) is 0 Å². The fourth-order valence-electron chi connectivity index (χ4n) is 2.48. The van der Waals surface area contributed by atoms with Crippen molar-refractivity contribution in [1.82, 2.24) is 10.6 Å². The normalized spacial score (nSPS) is 14.2. The van der Waals surface area contributed by atoms with E-state index in [2.05, 4.69) is 22.0 Å². The molecule has 0 spiro atoms. The zero-order chi connectivity index (χ0) is 15.2. The van der Waals surface area contributed by atoms with E-state index >= 15 is 0 Å². The van der Waals surface area contributed by atoms with Crippen LogP contribution in [0.25, 0.3) is 0 Å². The van der Waals surface area contributed by atoms with Crippen LogP contribution >= 0.6 is 0 Å². The molecule has 1 aromatic rings. The maximum absolute atomic E-state index is 11.9. The number of anilines is 1. The smallest absolute Gasteiger partial charge is 0.319 e. The molecule has 0 radical (unpaired) electrons. The quantitative estimate of drug-likeness (QED) is 0.778. The summed E-state index contributed by atoms with van der Waals surface area (Å²) in [4.78, 5) is 23.6. The highest BCUT2D eigenvalue weighted by Crippen LogP contribution is 2.24. The van der Waals surface area contributed by atoms with Gasteiger partial charge in [-0.1, -0.05) is 13.0 Å². The topological polar surface area (TPSA) is 70.2 Å². The number of benzene rings is 1. The molecule has 114 valence electrons. The van der Waals surface area contributed by atoms with Crippen LogP contribution in [0.1, 0.15) is 37.8 Å². The van der Waals surface area contributed by atoms with Crippen molar-refractivity contribution in [3.05, 3.63) is 29.3 Å². The summed E-state index contributed by atoms with van der Waals surface area (Å²) >= 11 is 0. The Hall–Kier alpha value is -2.04. The lowest BCUT2D eigenvalue weighted by Gasteiger charge is -2.15. The van der Waals surface area contributed by atoms with E-state index in [0.717, 1.165) is 24.9 Å². The number of carbonyl (C=O) groups excluding carboxylic acids is 2. The molecule has 3 amide bonds. The average molecular weight is 289 g/mol. The van der Waals surface area contributed by atoms with Crippen molar-refractivity contribution < 1.29 is 9.59 Å². The second-order valence-electron chi connectivity index (χ2n) is 5.45. The van der Waals surface area contributed by atoms with Gasteiger partial charge in [-0.3, -0.25) is 4.79 Å². The zero-order valence-electron chi connectivity index (χ0n) is 12.7. The third kappa shape index (κ3) is 4.21. The third-order valence-electron chi connectivity index (χ3n) is 3.65. The first kappa shape index (κ1) is 15.4. The summed E-state index contributed by atoms with van der Waals surface area (Å²) in [6.45, 7) is 4.28. The second-order valence-corrected chi connectivity index (χ2v) is 5.45. The first-order chi connectivity index (χ1) is 10.1. The van der Waals surface area contributed by atoms with Crippen molar-refractivity contribution in [2.24, 2.45) is 0 Å². The lowest BCUT2D eigenvalue weighted by molar-refractivity contribution is -0.122. The molecule has 0 aromatic heterocycles. The molecule has 0 fully saturated rings. The molecular weight excluding hydrogens is 266 g/mol. The molecule has 0 aliphatic heterocycles. The van der Waals surface area contributed by atoms with Crippen molar-refractivity contribution >= 4 is 17.6 Å². The summed E-state index contributed by atoms with van der Waals surface area (Å²) in [5.41, 5.74) is 3.45. The Morgan fingerprint density at radius 1 is 1.24 bits per heavy atom. The first-order valence-corrected chi connectivity index (χ1v) is 7.57. The van der Waals surface area contributed by atoms with Gasteiger partial charge in [0.25, 0.3) is 0 Å². The van der Waals surface area contributed by atoms with Crippen LogP contribution in [0, 0.1) is 0 Å². The molecular formula is C16H23N3O2. The Labute approximate surface area is 125 Å². The van der Waals surface area contributed by atoms with Crippen molar-refractivity contribution in [2.45, 2.75) is 45.6 Å². The van der Waals surface area contributed by atoms with Gasteiger partial charge in [0.15, 0.2) is 0 Å². The monoisotopic (exact) mass is 289 g/mol. The zero-order valence-corrected chi connectivity index (χ0v) is 12.7. The predicted molar refractivity (Wildman–Crippen MR) is 83.4 cm³/mol. The van der Waals surface area contributed by atoms with Crippen LogP contribution in [0.5, 0.6) is 0 Å². The fourth-order valence-corrected chi connectivity index (χ4v) is 2.48. The Kier molecular flexibility index (Phi) is 5.20. The number of rotatable bonds is 5. The van der Waals surface area contributed by atoms with Gasteiger partial charge in [-0.05, 0) is 55.9 Å². The SMILES string of the molecule is CCCNC(=O)C(C)NC(=O)Nc1ccc2c(c1)CCC2. The van der Waals surface area contributed by atoms with Gasteiger partial charge in [-0.2, -0.15) is 0 Å². The number of urea groups is 1. The molecule has 1 aromatic carbocycles. The van der Waals surface area contributed by atoms with Crippen molar-refractivity contribution in [3.8, 4) is 0 Å². The van der Waals surface area contributed by atoms with E-state index in [9.17, 15) is 9.59 Å². The highest BCUT2D eigenvalue weighted by Gasteiger charge is 2.16. The number of amides is 3. The molecule has 0 heterocycles. The molecule has 1 aliphatic carbocycles. The molecule has 0 saturated heterocycles. The Morgan fingerprint density at radius 3 is 2.76 bits per heavy atom. The van der Waals surface area contributed by atoms with Crippen LogP contribution in [0.4, 0.5) is 10.5 Å². The van der Waals surface area contributed by atoms with Crippen LogP contribution in [0.15, 0.2) is 18.2 Å². The molecule has 0 bridgehead atoms. The van der Waals surface area contributed by atoms with Crippen molar-refractivity contribution in [2.75, 3.05) is 11.9 Å². The number of carbonyl (C=O) groups is 2. The number of aryl methyl sites for hydroxylation is 2. The fraction of sp³-hybridized carbons (Fsp3) is 0.500. The van der Waals surface area contributed by atoms with Crippen LogP contribution in [0.3, 0.4) is 0 Å². The van der Waals surface area contributed by atoms with Gasteiger partial charge in [-0.15, -0.1) is 0 Å². The van der Waals surface area contributed by atoms with Crippen LogP contribution in [0.2, 0.25) is 0 Å². The van der Waals surface area contributed by atoms with Gasteiger partial charge in [0.2, 0.25) is 5.91 Å². The van der Waals surface area contributed by atoms with E-state index < -0.39 is 6.04 Å². The Morgan fingerprint density at radius 2 is 2.00 bits per heavy atom. The van der Waals surface area contributed by atoms with E-state index in [4.69, 9.17) is 0 Å². The minimum absolute atomic E-state index is 0.166. The lowest BCUT2D eigenvalue weighted by atomic mass is 10.1. The van der Waals surface area contributed by atoms with Gasteiger partial charge in [-0.25, -0.2) is 4.79 Å². The van der Waals surface area contributed by atoms with Gasteiger partial charge < -0.3 is 16.0 Å². The van der Waals surface area contributed by atoms with Gasteiger partial charge in [0, 0.05) is 12.2 Å². The van der Waals surface area contributed by atoms with E-state index in [0.29, 0.717) is 6.54 Å². The molecule has 5 heteroatoms. The van der Waals surface area contributed by atoms with Gasteiger partial charge in [0.1, 0.15) is 6.04 Å². The van der Waals surface area contributed by atoms with E-state index in [1.807, 2.05) is 19.1 Å². The highest BCUT2D eigenvalue weighted by molar-refractivity contribution is 5.93. The van der Waals surface area contributed by atoms with Crippen LogP contribution in [-0.4, -0.2) is 24.5 Å². The maximum Gasteiger partial charge on any atom is 0.319 e. The molecule has 0 saturated carbocycles. The third-order valence-corrected chi connectivity index (χ3v) is 3.65. The predicted octanol–water partition coefficient (Wildman–Crippen LogP) is 2.21. The van der Waals surface area contributed by atoms with Crippen LogP contribution < -0.4 is 16.0 Å². The lowest BCUT2D eigenvalue weighted by Crippen LogP contribution is -2.46. The summed E-state index contributed by atoms with van der Waals surface area (Å²) < 4.78 is 0. The van der Waals surface area contributed by atoms with E-state index in [-0.39, 0.29) is 11.9 Å². The van der Waals surface area contributed by atoms with Crippen molar-refractivity contribution in [3.63, 3.8) is 0 Å². The average Bonchev–Trinajstić information content (AvgIpc) is 2.91. The summed E-state index contributed by atoms with van der Waals surface area (Å²) in [5, 5.41) is 8.18. The van der Waals surface area contributed by atoms with E-state index in [1.165, 1.54) is 17.5 Å². The van der Waals surface area contributed by atoms with E-state index in [1.54, 1.807) is 6.92 Å². The molecule has 2 rings (SSSR count). The van der Waals surface area contributed by atoms with Gasteiger partial charge >= 0.3 is 6.03 Å². The number of nitrogens with one attached hydrogen (secondary N) is 3. The van der Waals surface area contributed by atoms with Crippen LogP contribution in [-0.2, 0) is 17.6 Å². The summed E-state index contributed by atoms with van der Waals surface area (Å²) in [6.07, 6.45) is 4.25. The first-order valence-electron chi connectivity index (χ1n) is 7.57. The molecule has 1 unspecified atom stereocenters. The molecule has 21 heavy (non-hydrogen) atoms. The molecule has 5 nitrogen and oxygen atoms in total. The summed E-state index contributed by atoms with van der Waals surface area (Å²) in [5.74, 6) is -0.166. The minimum Gasteiger partial charge on any atom is -0.354 e. The minimum atomic E-state index is -0.550. The largest absolute Gasteiger partial charge is 0.354 e. The number of fused-ring (bicyclic) bond motifs is 1. The molecule has 1 atom stereocenters. The number of hydrogen-bond acceptors (Lipinski definition) is 2. The molecule has 1 aliphatic rings. The molecule has 3 N–H and O–H groups in total. The summed E-state index contributed by atoms with van der Waals surface area (Å²) in [6, 6.07) is 5.09. The highest BCUT2D eigenvalue weighted by atomic mass is 16.2. The second kappa shape index (κ2) is 7.11.